The Hall–Kier alpha value is -2.62. The van der Waals surface area contributed by atoms with Gasteiger partial charge in [0.25, 0.3) is 0 Å². The highest BCUT2D eigenvalue weighted by Crippen LogP contribution is 2.36. The van der Waals surface area contributed by atoms with Crippen LogP contribution in [0.15, 0.2) is 42.5 Å². The molecule has 1 aliphatic carbocycles. The van der Waals surface area contributed by atoms with Crippen LogP contribution in [0.3, 0.4) is 0 Å². The quantitative estimate of drug-likeness (QED) is 0.702. The van der Waals surface area contributed by atoms with Crippen LogP contribution >= 0.6 is 0 Å². The van der Waals surface area contributed by atoms with E-state index in [0.29, 0.717) is 6.42 Å². The van der Waals surface area contributed by atoms with Crippen molar-refractivity contribution < 1.29 is 14.7 Å². The van der Waals surface area contributed by atoms with Gasteiger partial charge in [0.15, 0.2) is 0 Å². The number of carboxylic acids is 1. The van der Waals surface area contributed by atoms with Crippen LogP contribution in [0.4, 0.5) is 0 Å². The molecule has 0 heterocycles. The van der Waals surface area contributed by atoms with Crippen LogP contribution in [0.2, 0.25) is 0 Å². The summed E-state index contributed by atoms with van der Waals surface area (Å²) in [6.45, 7) is 0.198. The molecule has 4 heteroatoms. The molecule has 0 fully saturated rings. The van der Waals surface area contributed by atoms with Crippen LogP contribution in [-0.2, 0) is 22.4 Å². The summed E-state index contributed by atoms with van der Waals surface area (Å²) >= 11 is 0. The van der Waals surface area contributed by atoms with Gasteiger partial charge in [0.05, 0.1) is 6.42 Å². The summed E-state index contributed by atoms with van der Waals surface area (Å²) in [5.41, 5.74) is 6.62. The number of amides is 1. The minimum Gasteiger partial charge on any atom is -0.481 e. The number of carboxylic acid groups (broad SMARTS) is 1. The number of fused-ring (bicyclic) bond motifs is 3. The average molecular weight is 323 g/mol. The highest BCUT2D eigenvalue weighted by Gasteiger charge is 2.17. The van der Waals surface area contributed by atoms with Crippen LogP contribution in [0.5, 0.6) is 0 Å². The van der Waals surface area contributed by atoms with Crippen molar-refractivity contribution in [3.63, 3.8) is 0 Å². The molecular formula is C20H21NO3. The van der Waals surface area contributed by atoms with Crippen molar-refractivity contribution in [1.82, 2.24) is 5.32 Å². The second-order valence-corrected chi connectivity index (χ2v) is 6.17. The fraction of sp³-hybridized carbons (Fsp3) is 0.300. The first-order valence-electron chi connectivity index (χ1n) is 8.32. The van der Waals surface area contributed by atoms with Gasteiger partial charge in [0.1, 0.15) is 0 Å². The van der Waals surface area contributed by atoms with Crippen LogP contribution < -0.4 is 5.32 Å². The van der Waals surface area contributed by atoms with E-state index in [9.17, 15) is 9.59 Å². The summed E-state index contributed by atoms with van der Waals surface area (Å²) in [5.74, 6) is -0.975. The van der Waals surface area contributed by atoms with Crippen molar-refractivity contribution in [3.8, 4) is 11.1 Å². The van der Waals surface area contributed by atoms with E-state index in [4.69, 9.17) is 5.11 Å². The molecule has 2 aromatic carbocycles. The van der Waals surface area contributed by atoms with Gasteiger partial charge in [-0.05, 0) is 47.1 Å². The fourth-order valence-corrected chi connectivity index (χ4v) is 3.18. The smallest absolute Gasteiger partial charge is 0.305 e. The molecule has 0 aromatic heterocycles. The summed E-state index contributed by atoms with van der Waals surface area (Å²) in [6, 6.07) is 15.1. The van der Waals surface area contributed by atoms with Crippen molar-refractivity contribution in [2.24, 2.45) is 0 Å². The second-order valence-electron chi connectivity index (χ2n) is 6.17. The standard InChI is InChI=1S/C20H21NO3/c22-19(21-11-10-20(23)24)7-3-4-14-8-9-16-13-15-5-1-2-6-17(15)18(16)12-14/h1-2,5-6,8-9,12H,3-4,7,10-11,13H2,(H,21,22)(H,23,24). The third kappa shape index (κ3) is 3.82. The van der Waals surface area contributed by atoms with E-state index in [1.54, 1.807) is 0 Å². The lowest BCUT2D eigenvalue weighted by Crippen LogP contribution is -2.25. The van der Waals surface area contributed by atoms with Crippen LogP contribution in [0.1, 0.15) is 36.0 Å². The summed E-state index contributed by atoms with van der Waals surface area (Å²) in [4.78, 5) is 22.1. The Labute approximate surface area is 141 Å². The monoisotopic (exact) mass is 323 g/mol. The number of aliphatic carboxylic acids is 1. The van der Waals surface area contributed by atoms with Gasteiger partial charge >= 0.3 is 5.97 Å². The van der Waals surface area contributed by atoms with Gasteiger partial charge in [0.2, 0.25) is 5.91 Å². The highest BCUT2D eigenvalue weighted by molar-refractivity contribution is 5.78. The number of carbonyl (C=O) groups is 2. The van der Waals surface area contributed by atoms with Gasteiger partial charge < -0.3 is 10.4 Å². The molecule has 24 heavy (non-hydrogen) atoms. The van der Waals surface area contributed by atoms with Crippen LogP contribution in [0.25, 0.3) is 11.1 Å². The Morgan fingerprint density at radius 1 is 1.00 bits per heavy atom. The van der Waals surface area contributed by atoms with Crippen molar-refractivity contribution in [2.45, 2.75) is 32.1 Å². The Balaban J connectivity index is 1.53. The lowest BCUT2D eigenvalue weighted by Gasteiger charge is -2.07. The van der Waals surface area contributed by atoms with E-state index in [-0.39, 0.29) is 18.9 Å². The maximum Gasteiger partial charge on any atom is 0.305 e. The largest absolute Gasteiger partial charge is 0.481 e. The predicted molar refractivity (Wildman–Crippen MR) is 92.9 cm³/mol. The lowest BCUT2D eigenvalue weighted by molar-refractivity contribution is -0.136. The number of hydrogen-bond donors (Lipinski definition) is 2. The lowest BCUT2D eigenvalue weighted by atomic mass is 10.00. The molecule has 1 aliphatic rings. The molecular weight excluding hydrogens is 302 g/mol. The Bertz CT molecular complexity index is 767. The van der Waals surface area contributed by atoms with Gasteiger partial charge in [-0.3, -0.25) is 9.59 Å². The number of benzene rings is 2. The molecule has 0 aliphatic heterocycles. The van der Waals surface area contributed by atoms with Gasteiger partial charge in [-0.25, -0.2) is 0 Å². The molecule has 0 saturated carbocycles. The van der Waals surface area contributed by atoms with Crippen molar-refractivity contribution in [1.29, 1.82) is 0 Å². The Morgan fingerprint density at radius 3 is 2.62 bits per heavy atom. The molecule has 0 radical (unpaired) electrons. The molecule has 2 N–H and O–H groups in total. The zero-order valence-corrected chi connectivity index (χ0v) is 13.5. The van der Waals surface area contributed by atoms with Crippen molar-refractivity contribution in [2.75, 3.05) is 6.54 Å². The van der Waals surface area contributed by atoms with E-state index >= 15 is 0 Å². The van der Waals surface area contributed by atoms with Crippen molar-refractivity contribution >= 4 is 11.9 Å². The maximum absolute atomic E-state index is 11.7. The first-order chi connectivity index (χ1) is 11.6. The summed E-state index contributed by atoms with van der Waals surface area (Å²) in [7, 11) is 0. The molecule has 0 saturated heterocycles. The molecule has 1 amide bonds. The summed E-state index contributed by atoms with van der Waals surface area (Å²) in [5, 5.41) is 11.2. The Morgan fingerprint density at radius 2 is 1.79 bits per heavy atom. The van der Waals surface area contributed by atoms with E-state index in [1.165, 1.54) is 27.8 Å². The average Bonchev–Trinajstić information content (AvgIpc) is 2.92. The number of nitrogens with one attached hydrogen (secondary N) is 1. The minimum atomic E-state index is -0.895. The van der Waals surface area contributed by atoms with E-state index in [0.717, 1.165) is 19.3 Å². The van der Waals surface area contributed by atoms with Gasteiger partial charge in [-0.15, -0.1) is 0 Å². The fourth-order valence-electron chi connectivity index (χ4n) is 3.18. The SMILES string of the molecule is O=C(O)CCNC(=O)CCCc1ccc2c(c1)-c1ccccc1C2. The van der Waals surface area contributed by atoms with Crippen LogP contribution in [0, 0.1) is 0 Å². The molecule has 0 bridgehead atoms. The van der Waals surface area contributed by atoms with Crippen LogP contribution in [-0.4, -0.2) is 23.5 Å². The minimum absolute atomic E-state index is 0.0318. The molecule has 2 aromatic rings. The number of aryl methyl sites for hydroxylation is 1. The van der Waals surface area contributed by atoms with Gasteiger partial charge in [0, 0.05) is 13.0 Å². The number of carbonyl (C=O) groups excluding carboxylic acids is 1. The first-order valence-corrected chi connectivity index (χ1v) is 8.32. The Kier molecular flexibility index (Phi) is 4.94. The zero-order valence-electron chi connectivity index (χ0n) is 13.5. The third-order valence-electron chi connectivity index (χ3n) is 4.39. The number of hydrogen-bond acceptors (Lipinski definition) is 2. The zero-order chi connectivity index (χ0) is 16.9. The topological polar surface area (TPSA) is 66.4 Å². The molecule has 0 atom stereocenters. The van der Waals surface area contributed by atoms with E-state index in [1.807, 2.05) is 0 Å². The maximum atomic E-state index is 11.7. The second kappa shape index (κ2) is 7.30. The molecule has 4 nitrogen and oxygen atoms in total. The third-order valence-corrected chi connectivity index (χ3v) is 4.39. The van der Waals surface area contributed by atoms with Crippen molar-refractivity contribution in [3.05, 3.63) is 59.2 Å². The van der Waals surface area contributed by atoms with E-state index in [2.05, 4.69) is 47.8 Å². The molecule has 0 unspecified atom stereocenters. The van der Waals surface area contributed by atoms with Gasteiger partial charge in [-0.2, -0.15) is 0 Å². The predicted octanol–water partition coefficient (Wildman–Crippen LogP) is 3.17. The normalized spacial score (nSPS) is 11.7. The summed E-state index contributed by atoms with van der Waals surface area (Å²) < 4.78 is 0. The summed E-state index contributed by atoms with van der Waals surface area (Å²) in [6.07, 6.45) is 3.00. The number of rotatable bonds is 7. The van der Waals surface area contributed by atoms with Gasteiger partial charge in [-0.1, -0.05) is 42.5 Å². The highest BCUT2D eigenvalue weighted by atomic mass is 16.4. The molecule has 0 spiro atoms. The molecule has 124 valence electrons. The van der Waals surface area contributed by atoms with E-state index < -0.39 is 5.97 Å². The molecule has 3 rings (SSSR count). The first kappa shape index (κ1) is 16.2.